The zero-order valence-corrected chi connectivity index (χ0v) is 12.5. The molecule has 0 spiro atoms. The summed E-state index contributed by atoms with van der Waals surface area (Å²) in [6, 6.07) is 8.77. The molecule has 5 nitrogen and oxygen atoms in total. The fourth-order valence-electron chi connectivity index (χ4n) is 3.55. The molecule has 2 fully saturated rings. The van der Waals surface area contributed by atoms with Gasteiger partial charge in [0.05, 0.1) is 6.20 Å². The van der Waals surface area contributed by atoms with Gasteiger partial charge in [0.1, 0.15) is 0 Å². The van der Waals surface area contributed by atoms with Crippen LogP contribution in [0.25, 0.3) is 11.3 Å². The van der Waals surface area contributed by atoms with Crippen LogP contribution in [0.4, 0.5) is 0 Å². The Bertz CT molecular complexity index is 709. The van der Waals surface area contributed by atoms with Crippen molar-refractivity contribution in [3.8, 4) is 11.3 Å². The zero-order valence-electron chi connectivity index (χ0n) is 12.5. The predicted octanol–water partition coefficient (Wildman–Crippen LogP) is 2.13. The lowest BCUT2D eigenvalue weighted by Gasteiger charge is -2.22. The second-order valence-electron chi connectivity index (χ2n) is 6.32. The van der Waals surface area contributed by atoms with Crippen LogP contribution in [0.2, 0.25) is 0 Å². The van der Waals surface area contributed by atoms with Gasteiger partial charge < -0.3 is 15.1 Å². The van der Waals surface area contributed by atoms with Crippen LogP contribution in [0.3, 0.4) is 0 Å². The summed E-state index contributed by atoms with van der Waals surface area (Å²) < 4.78 is 5.64. The fourth-order valence-corrected chi connectivity index (χ4v) is 3.55. The van der Waals surface area contributed by atoms with E-state index >= 15 is 0 Å². The number of aromatic nitrogens is 1. The van der Waals surface area contributed by atoms with E-state index in [-0.39, 0.29) is 17.8 Å². The van der Waals surface area contributed by atoms with Crippen molar-refractivity contribution in [2.24, 2.45) is 5.92 Å². The minimum absolute atomic E-state index is 0.146. The number of oxazole rings is 1. The van der Waals surface area contributed by atoms with Gasteiger partial charge in [0.2, 0.25) is 0 Å². The lowest BCUT2D eigenvalue weighted by Crippen LogP contribution is -2.44. The zero-order chi connectivity index (χ0) is 15.1. The van der Waals surface area contributed by atoms with Crippen LogP contribution in [0, 0.1) is 12.8 Å². The van der Waals surface area contributed by atoms with E-state index in [1.165, 1.54) is 0 Å². The van der Waals surface area contributed by atoms with Crippen LogP contribution >= 0.6 is 0 Å². The van der Waals surface area contributed by atoms with E-state index < -0.39 is 0 Å². The van der Waals surface area contributed by atoms with Gasteiger partial charge in [-0.2, -0.15) is 0 Å². The maximum Gasteiger partial charge on any atom is 0.307 e. The number of aryl methyl sites for hydroxylation is 1. The Labute approximate surface area is 129 Å². The van der Waals surface area contributed by atoms with Crippen molar-refractivity contribution >= 4 is 5.91 Å². The molecule has 2 N–H and O–H groups in total. The molecule has 0 radical (unpaired) electrons. The molecular formula is C17H19N3O2. The molecule has 1 amide bonds. The second kappa shape index (κ2) is 5.25. The maximum absolute atomic E-state index is 12.3. The van der Waals surface area contributed by atoms with Crippen LogP contribution in [-0.4, -0.2) is 29.5 Å². The molecule has 1 aromatic carbocycles. The third-order valence-corrected chi connectivity index (χ3v) is 4.68. The van der Waals surface area contributed by atoms with Gasteiger partial charge in [-0.05, 0) is 31.7 Å². The van der Waals surface area contributed by atoms with E-state index in [2.05, 4.69) is 15.6 Å². The number of carbonyl (C=O) groups is 1. The monoisotopic (exact) mass is 297 g/mol. The summed E-state index contributed by atoms with van der Waals surface area (Å²) in [5.41, 5.74) is 2.09. The number of amides is 1. The molecule has 22 heavy (non-hydrogen) atoms. The third-order valence-electron chi connectivity index (χ3n) is 4.68. The van der Waals surface area contributed by atoms with Gasteiger partial charge in [-0.1, -0.05) is 23.8 Å². The Kier molecular flexibility index (Phi) is 3.22. The second-order valence-corrected chi connectivity index (χ2v) is 6.32. The molecule has 3 unspecified atom stereocenters. The molecule has 4 rings (SSSR count). The predicted molar refractivity (Wildman–Crippen MR) is 82.4 cm³/mol. The van der Waals surface area contributed by atoms with Crippen LogP contribution in [-0.2, 0) is 0 Å². The molecule has 1 saturated carbocycles. The molecule has 2 heterocycles. The molecule has 2 bridgehead atoms. The first kappa shape index (κ1) is 13.5. The van der Waals surface area contributed by atoms with Gasteiger partial charge >= 0.3 is 5.91 Å². The molecule has 114 valence electrons. The van der Waals surface area contributed by atoms with Crippen molar-refractivity contribution in [1.82, 2.24) is 15.6 Å². The highest BCUT2D eigenvalue weighted by atomic mass is 16.4. The van der Waals surface area contributed by atoms with Crippen LogP contribution in [0.1, 0.15) is 29.1 Å². The number of nitrogens with one attached hydrogen (secondary N) is 2. The number of hydrogen-bond donors (Lipinski definition) is 2. The van der Waals surface area contributed by atoms with Crippen LogP contribution < -0.4 is 10.6 Å². The van der Waals surface area contributed by atoms with Gasteiger partial charge in [-0.15, -0.1) is 0 Å². The topological polar surface area (TPSA) is 67.2 Å². The summed E-state index contributed by atoms with van der Waals surface area (Å²) in [5.74, 6) is 1.10. The number of carbonyl (C=O) groups excluding carboxylic acids is 1. The maximum atomic E-state index is 12.3. The molecule has 3 atom stereocenters. The number of nitrogens with zero attached hydrogens (tertiary/aromatic N) is 1. The van der Waals surface area contributed by atoms with Crippen LogP contribution in [0.15, 0.2) is 34.9 Å². The van der Waals surface area contributed by atoms with Crippen molar-refractivity contribution in [2.45, 2.75) is 31.8 Å². The largest absolute Gasteiger partial charge is 0.432 e. The van der Waals surface area contributed by atoms with E-state index in [0.717, 1.165) is 30.5 Å². The first-order chi connectivity index (χ1) is 10.7. The molecule has 5 heteroatoms. The van der Waals surface area contributed by atoms with Crippen molar-refractivity contribution in [3.63, 3.8) is 0 Å². The Balaban J connectivity index is 1.48. The number of fused-ring (bicyclic) bond motifs is 2. The van der Waals surface area contributed by atoms with E-state index in [1.807, 2.05) is 31.2 Å². The average Bonchev–Trinajstić information content (AvgIpc) is 3.23. The van der Waals surface area contributed by atoms with E-state index in [9.17, 15) is 4.79 Å². The standard InChI is InChI=1S/C17H19N3O2/c1-10-3-2-4-11(5-10)15-9-19-17(22-15)16(21)20-14-7-13-6-12(14)8-18-13/h2-5,9,12-14,18H,6-8H2,1H3,(H,20,21). The molecule has 1 aliphatic carbocycles. The van der Waals surface area contributed by atoms with Crippen molar-refractivity contribution < 1.29 is 9.21 Å². The summed E-state index contributed by atoms with van der Waals surface area (Å²) >= 11 is 0. The Morgan fingerprint density at radius 3 is 3.05 bits per heavy atom. The third kappa shape index (κ3) is 2.41. The summed E-state index contributed by atoms with van der Waals surface area (Å²) in [5, 5.41) is 6.51. The highest BCUT2D eigenvalue weighted by molar-refractivity contribution is 5.90. The van der Waals surface area contributed by atoms with Gasteiger partial charge in [0, 0.05) is 24.2 Å². The molecular weight excluding hydrogens is 278 g/mol. The molecule has 2 aliphatic rings. The van der Waals surface area contributed by atoms with E-state index in [1.54, 1.807) is 6.20 Å². The smallest absolute Gasteiger partial charge is 0.307 e. The Morgan fingerprint density at radius 1 is 1.41 bits per heavy atom. The summed E-state index contributed by atoms with van der Waals surface area (Å²) in [7, 11) is 0. The normalized spacial score (nSPS) is 26.3. The van der Waals surface area contributed by atoms with Gasteiger partial charge in [0.15, 0.2) is 5.76 Å². The number of rotatable bonds is 3. The Morgan fingerprint density at radius 2 is 2.32 bits per heavy atom. The minimum Gasteiger partial charge on any atom is -0.432 e. The lowest BCUT2D eigenvalue weighted by molar-refractivity contribution is 0.0890. The lowest BCUT2D eigenvalue weighted by atomic mass is 10.0. The quantitative estimate of drug-likeness (QED) is 0.911. The molecule has 1 saturated heterocycles. The summed E-state index contributed by atoms with van der Waals surface area (Å²) in [4.78, 5) is 16.4. The first-order valence-corrected chi connectivity index (χ1v) is 7.76. The van der Waals surface area contributed by atoms with Crippen molar-refractivity contribution in [3.05, 3.63) is 41.9 Å². The van der Waals surface area contributed by atoms with Crippen LogP contribution in [0.5, 0.6) is 0 Å². The van der Waals surface area contributed by atoms with E-state index in [4.69, 9.17) is 4.42 Å². The fraction of sp³-hybridized carbons (Fsp3) is 0.412. The minimum atomic E-state index is -0.212. The van der Waals surface area contributed by atoms with Crippen molar-refractivity contribution in [1.29, 1.82) is 0 Å². The summed E-state index contributed by atoms with van der Waals surface area (Å²) in [6.45, 7) is 3.02. The average molecular weight is 297 g/mol. The van der Waals surface area contributed by atoms with Gasteiger partial charge in [-0.3, -0.25) is 4.79 Å². The van der Waals surface area contributed by atoms with E-state index in [0.29, 0.717) is 17.7 Å². The molecule has 1 aromatic heterocycles. The highest BCUT2D eigenvalue weighted by Crippen LogP contribution is 2.31. The summed E-state index contributed by atoms with van der Waals surface area (Å²) in [6.07, 6.45) is 3.78. The van der Waals surface area contributed by atoms with Gasteiger partial charge in [0.25, 0.3) is 5.89 Å². The molecule has 2 aromatic rings. The number of piperidine rings is 1. The number of hydrogen-bond acceptors (Lipinski definition) is 4. The Hall–Kier alpha value is -2.14. The van der Waals surface area contributed by atoms with Gasteiger partial charge in [-0.25, -0.2) is 4.98 Å². The highest BCUT2D eigenvalue weighted by Gasteiger charge is 2.40. The SMILES string of the molecule is Cc1cccc(-c2cnc(C(=O)NC3CC4CC3CN4)o2)c1. The molecule has 1 aliphatic heterocycles. The van der Waals surface area contributed by atoms with Crippen molar-refractivity contribution in [2.75, 3.05) is 6.54 Å². The first-order valence-electron chi connectivity index (χ1n) is 7.76. The number of benzene rings is 1.